The van der Waals surface area contributed by atoms with Crippen molar-refractivity contribution in [3.8, 4) is 11.5 Å². The van der Waals surface area contributed by atoms with Gasteiger partial charge in [-0.2, -0.15) is 0 Å². The third kappa shape index (κ3) is 4.78. The van der Waals surface area contributed by atoms with Gasteiger partial charge in [-0.3, -0.25) is 0 Å². The molecule has 0 unspecified atom stereocenters. The van der Waals surface area contributed by atoms with Crippen LogP contribution in [0.15, 0.2) is 60.7 Å². The van der Waals surface area contributed by atoms with E-state index in [1.54, 1.807) is 0 Å². The molecule has 26 heavy (non-hydrogen) atoms. The van der Waals surface area contributed by atoms with E-state index in [-0.39, 0.29) is 22.6 Å². The minimum absolute atomic E-state index is 0.181. The molecular formula is C18H12O8. The van der Waals surface area contributed by atoms with Gasteiger partial charge in [-0.05, 0) is 24.3 Å². The molecular weight excluding hydrogens is 344 g/mol. The van der Waals surface area contributed by atoms with Crippen LogP contribution in [-0.2, 0) is 9.59 Å². The van der Waals surface area contributed by atoms with Gasteiger partial charge in [0.2, 0.25) is 0 Å². The second-order valence-corrected chi connectivity index (χ2v) is 4.78. The molecule has 0 aliphatic heterocycles. The predicted molar refractivity (Wildman–Crippen MR) is 87.2 cm³/mol. The maximum absolute atomic E-state index is 11.7. The lowest BCUT2D eigenvalue weighted by Crippen LogP contribution is -2.11. The van der Waals surface area contributed by atoms with Gasteiger partial charge in [0.05, 0.1) is 0 Å². The Bertz CT molecular complexity index is 824. The van der Waals surface area contributed by atoms with Crippen molar-refractivity contribution in [3.05, 3.63) is 71.8 Å². The van der Waals surface area contributed by atoms with Crippen LogP contribution in [0.4, 0.5) is 0 Å². The van der Waals surface area contributed by atoms with Crippen LogP contribution in [-0.4, -0.2) is 34.1 Å². The Kier molecular flexibility index (Phi) is 5.83. The molecule has 0 aromatic heterocycles. The molecule has 0 spiro atoms. The van der Waals surface area contributed by atoms with Crippen molar-refractivity contribution in [2.75, 3.05) is 0 Å². The van der Waals surface area contributed by atoms with E-state index in [1.807, 2.05) is 0 Å². The molecule has 0 amide bonds. The summed E-state index contributed by atoms with van der Waals surface area (Å²) in [6, 6.07) is 11.0. The molecule has 2 rings (SSSR count). The van der Waals surface area contributed by atoms with E-state index < -0.39 is 23.9 Å². The minimum atomic E-state index is -1.28. The van der Waals surface area contributed by atoms with Crippen molar-refractivity contribution in [2.24, 2.45) is 0 Å². The van der Waals surface area contributed by atoms with Crippen LogP contribution in [0, 0.1) is 0 Å². The summed E-state index contributed by atoms with van der Waals surface area (Å²) in [5, 5.41) is 18.0. The number of aromatic carboxylic acids is 2. The highest BCUT2D eigenvalue weighted by molar-refractivity contribution is 5.97. The molecule has 2 N–H and O–H groups in total. The van der Waals surface area contributed by atoms with Crippen LogP contribution in [0.25, 0.3) is 0 Å². The number of benzene rings is 2. The summed E-state index contributed by atoms with van der Waals surface area (Å²) in [6.07, 6.45) is 1.48. The lowest BCUT2D eigenvalue weighted by atomic mass is 10.2. The molecule has 0 bridgehead atoms. The maximum Gasteiger partial charge on any atom is 0.339 e. The Hall–Kier alpha value is -3.94. The number of esters is 2. The Morgan fingerprint density at radius 2 is 1.00 bits per heavy atom. The second-order valence-electron chi connectivity index (χ2n) is 4.78. The average Bonchev–Trinajstić information content (AvgIpc) is 2.60. The summed E-state index contributed by atoms with van der Waals surface area (Å²) in [6.45, 7) is 0. The summed E-state index contributed by atoms with van der Waals surface area (Å²) in [4.78, 5) is 45.5. The van der Waals surface area contributed by atoms with Crippen molar-refractivity contribution in [1.29, 1.82) is 0 Å². The van der Waals surface area contributed by atoms with Crippen LogP contribution >= 0.6 is 0 Å². The van der Waals surface area contributed by atoms with Gasteiger partial charge in [0.1, 0.15) is 22.6 Å². The number of carboxylic acids is 2. The van der Waals surface area contributed by atoms with Gasteiger partial charge in [0.15, 0.2) is 0 Å². The third-order valence-electron chi connectivity index (χ3n) is 3.01. The standard InChI is InChI=1S/C18H12O8/c19-15(25-13-7-3-1-5-11(13)17(21)22)9-10-16(20)26-14-8-4-2-6-12(14)18(23)24/h1-10H,(H,21,22)(H,23,24). The average molecular weight is 356 g/mol. The van der Waals surface area contributed by atoms with Crippen LogP contribution in [0.1, 0.15) is 20.7 Å². The first-order chi connectivity index (χ1) is 12.4. The number of hydrogen-bond acceptors (Lipinski definition) is 6. The zero-order valence-corrected chi connectivity index (χ0v) is 13.1. The van der Waals surface area contributed by atoms with E-state index >= 15 is 0 Å². The summed E-state index contributed by atoms with van der Waals surface area (Å²) in [5.41, 5.74) is -0.431. The maximum atomic E-state index is 11.7. The largest absolute Gasteiger partial charge is 0.478 e. The molecule has 8 heteroatoms. The van der Waals surface area contributed by atoms with E-state index in [2.05, 4.69) is 0 Å². The molecule has 8 nitrogen and oxygen atoms in total. The molecule has 0 radical (unpaired) electrons. The lowest BCUT2D eigenvalue weighted by molar-refractivity contribution is -0.131. The fourth-order valence-corrected chi connectivity index (χ4v) is 1.89. The van der Waals surface area contributed by atoms with Crippen LogP contribution < -0.4 is 9.47 Å². The van der Waals surface area contributed by atoms with Crippen LogP contribution in [0.3, 0.4) is 0 Å². The number of ether oxygens (including phenoxy) is 2. The summed E-state index contributed by atoms with van der Waals surface area (Å²) in [7, 11) is 0. The molecule has 0 saturated carbocycles. The minimum Gasteiger partial charge on any atom is -0.478 e. The van der Waals surface area contributed by atoms with Crippen LogP contribution in [0.5, 0.6) is 11.5 Å². The molecule has 0 heterocycles. The molecule has 0 fully saturated rings. The SMILES string of the molecule is O=C(C=CC(=O)Oc1ccccc1C(=O)O)Oc1ccccc1C(=O)O. The quantitative estimate of drug-likeness (QED) is 0.458. The van der Waals surface area contributed by atoms with Gasteiger partial charge in [0.25, 0.3) is 0 Å². The molecule has 0 aliphatic rings. The summed E-state index contributed by atoms with van der Waals surface area (Å²) >= 11 is 0. The normalized spacial score (nSPS) is 10.3. The van der Waals surface area contributed by atoms with Gasteiger partial charge in [-0.25, -0.2) is 19.2 Å². The lowest BCUT2D eigenvalue weighted by Gasteiger charge is -2.05. The molecule has 2 aromatic carbocycles. The Morgan fingerprint density at radius 1 is 0.654 bits per heavy atom. The number of para-hydroxylation sites is 2. The highest BCUT2D eigenvalue weighted by Gasteiger charge is 2.14. The van der Waals surface area contributed by atoms with Crippen LogP contribution in [0.2, 0.25) is 0 Å². The van der Waals surface area contributed by atoms with E-state index in [4.69, 9.17) is 19.7 Å². The van der Waals surface area contributed by atoms with Crippen molar-refractivity contribution in [1.82, 2.24) is 0 Å². The zero-order valence-electron chi connectivity index (χ0n) is 13.1. The van der Waals surface area contributed by atoms with Gasteiger partial charge in [-0.1, -0.05) is 24.3 Å². The highest BCUT2D eigenvalue weighted by Crippen LogP contribution is 2.19. The number of carboxylic acid groups (broad SMARTS) is 2. The molecule has 0 aliphatic carbocycles. The zero-order chi connectivity index (χ0) is 19.1. The summed E-state index contributed by atoms with van der Waals surface area (Å²) in [5.74, 6) is -4.91. The number of rotatable bonds is 6. The highest BCUT2D eigenvalue weighted by atomic mass is 16.5. The first-order valence-electron chi connectivity index (χ1n) is 7.15. The topological polar surface area (TPSA) is 127 Å². The smallest absolute Gasteiger partial charge is 0.339 e. The Balaban J connectivity index is 2.04. The molecule has 132 valence electrons. The number of carbonyl (C=O) groups excluding carboxylic acids is 2. The Morgan fingerprint density at radius 3 is 1.35 bits per heavy atom. The van der Waals surface area contributed by atoms with E-state index in [1.165, 1.54) is 48.5 Å². The predicted octanol–water partition coefficient (Wildman–Crippen LogP) is 2.15. The van der Waals surface area contributed by atoms with Crippen molar-refractivity contribution < 1.29 is 38.9 Å². The molecule has 0 saturated heterocycles. The first-order valence-corrected chi connectivity index (χ1v) is 7.15. The Labute approximate surface area is 146 Å². The van der Waals surface area contributed by atoms with E-state index in [0.29, 0.717) is 0 Å². The van der Waals surface area contributed by atoms with Gasteiger partial charge < -0.3 is 19.7 Å². The molecule has 0 atom stereocenters. The van der Waals surface area contributed by atoms with Gasteiger partial charge >= 0.3 is 23.9 Å². The van der Waals surface area contributed by atoms with Crippen molar-refractivity contribution in [3.63, 3.8) is 0 Å². The fourth-order valence-electron chi connectivity index (χ4n) is 1.89. The number of carbonyl (C=O) groups is 4. The van der Waals surface area contributed by atoms with Crippen molar-refractivity contribution in [2.45, 2.75) is 0 Å². The second kappa shape index (κ2) is 8.25. The monoisotopic (exact) mass is 356 g/mol. The van der Waals surface area contributed by atoms with E-state index in [9.17, 15) is 19.2 Å². The first kappa shape index (κ1) is 18.4. The fraction of sp³-hybridized carbons (Fsp3) is 0. The van der Waals surface area contributed by atoms with Crippen molar-refractivity contribution >= 4 is 23.9 Å². The van der Waals surface area contributed by atoms with Gasteiger partial charge in [-0.15, -0.1) is 0 Å². The molecule has 2 aromatic rings. The van der Waals surface area contributed by atoms with E-state index in [0.717, 1.165) is 12.2 Å². The summed E-state index contributed by atoms with van der Waals surface area (Å²) < 4.78 is 9.72. The van der Waals surface area contributed by atoms with Gasteiger partial charge in [0, 0.05) is 12.2 Å². The third-order valence-corrected chi connectivity index (χ3v) is 3.01. The number of hydrogen-bond donors (Lipinski definition) is 2.